The molecule has 0 aliphatic carbocycles. The largest absolute Gasteiger partial charge is 0.397 e. The van der Waals surface area contributed by atoms with E-state index >= 15 is 0 Å². The minimum Gasteiger partial charge on any atom is -0.397 e. The Morgan fingerprint density at radius 2 is 1.50 bits per heavy atom. The second-order valence-corrected chi connectivity index (χ2v) is 2.73. The van der Waals surface area contributed by atoms with Gasteiger partial charge in [-0.25, -0.2) is 0 Å². The monoisotopic (exact) mass is 178 g/mol. The van der Waals surface area contributed by atoms with Gasteiger partial charge in [-0.05, 0) is 33.6 Å². The minimum absolute atomic E-state index is 0.167. The number of aliphatic hydroxyl groups excluding tert-OH is 2. The zero-order valence-corrected chi connectivity index (χ0v) is 8.42. The third kappa shape index (κ3) is 32.7. The number of hydrogen-bond acceptors (Lipinski definition) is 3. The van der Waals surface area contributed by atoms with Crippen LogP contribution in [-0.2, 0) is 4.74 Å². The smallest absolute Gasteiger partial charge is 0.0483 e. The fourth-order valence-corrected chi connectivity index (χ4v) is 0.510. The summed E-state index contributed by atoms with van der Waals surface area (Å²) in [5.74, 6) is 0. The van der Waals surface area contributed by atoms with Gasteiger partial charge in [0.15, 0.2) is 0 Å². The molecule has 0 atom stereocenters. The zero-order valence-electron chi connectivity index (χ0n) is 8.42. The summed E-state index contributed by atoms with van der Waals surface area (Å²) < 4.78 is 4.94. The quantitative estimate of drug-likeness (QED) is 0.585. The highest BCUT2D eigenvalue weighted by Gasteiger charge is 1.94. The van der Waals surface area contributed by atoms with Crippen molar-refractivity contribution in [3.05, 3.63) is 0 Å². The molecule has 1 aliphatic rings. The molecule has 76 valence electrons. The maximum Gasteiger partial charge on any atom is 0.0483 e. The summed E-state index contributed by atoms with van der Waals surface area (Å²) in [5.41, 5.74) is 0. The zero-order chi connectivity index (χ0) is 9.82. The predicted octanol–water partition coefficient (Wildman–Crippen LogP) is 1.18. The first-order chi connectivity index (χ1) is 5.65. The van der Waals surface area contributed by atoms with Crippen LogP contribution in [0.2, 0.25) is 0 Å². The highest BCUT2D eigenvalue weighted by atomic mass is 16.5. The lowest BCUT2D eigenvalue weighted by molar-refractivity contribution is 0.198. The first-order valence-electron chi connectivity index (χ1n) is 4.51. The standard InChI is InChI=1S/C4H8O.C3H8O.C2H6O/c1-2-4-5-3-1;1-3(2)4;1-2-3/h1-4H2;3-4H,1-2H3;3H,2H2,1H3. The van der Waals surface area contributed by atoms with Gasteiger partial charge in [-0.3, -0.25) is 0 Å². The van der Waals surface area contributed by atoms with Crippen LogP contribution in [0.5, 0.6) is 0 Å². The lowest BCUT2D eigenvalue weighted by Gasteiger charge is -1.80. The van der Waals surface area contributed by atoms with Gasteiger partial charge in [-0.15, -0.1) is 0 Å². The molecule has 1 aliphatic heterocycles. The van der Waals surface area contributed by atoms with Gasteiger partial charge in [0, 0.05) is 25.9 Å². The van der Waals surface area contributed by atoms with Crippen molar-refractivity contribution in [2.75, 3.05) is 19.8 Å². The molecule has 0 amide bonds. The summed E-state index contributed by atoms with van der Waals surface area (Å²) in [6, 6.07) is 0. The van der Waals surface area contributed by atoms with Crippen molar-refractivity contribution in [2.24, 2.45) is 0 Å². The van der Waals surface area contributed by atoms with Crippen LogP contribution in [0.4, 0.5) is 0 Å². The highest BCUT2D eigenvalue weighted by molar-refractivity contribution is 4.43. The molecule has 0 spiro atoms. The van der Waals surface area contributed by atoms with Crippen LogP contribution in [0.25, 0.3) is 0 Å². The Hall–Kier alpha value is -0.120. The third-order valence-corrected chi connectivity index (χ3v) is 0.827. The topological polar surface area (TPSA) is 49.7 Å². The van der Waals surface area contributed by atoms with Crippen molar-refractivity contribution in [1.29, 1.82) is 0 Å². The molecule has 0 saturated carbocycles. The fourth-order valence-electron chi connectivity index (χ4n) is 0.510. The Labute approximate surface area is 75.4 Å². The molecule has 0 aromatic heterocycles. The van der Waals surface area contributed by atoms with E-state index in [1.807, 2.05) is 0 Å². The Bertz CT molecular complexity index is 50.4. The van der Waals surface area contributed by atoms with Crippen LogP contribution in [0.1, 0.15) is 33.6 Å². The average Bonchev–Trinajstić information content (AvgIpc) is 2.40. The number of aliphatic hydroxyl groups is 2. The Morgan fingerprint density at radius 1 is 1.25 bits per heavy atom. The second kappa shape index (κ2) is 13.5. The maximum atomic E-state index is 8.06. The van der Waals surface area contributed by atoms with E-state index in [0.29, 0.717) is 0 Å². The average molecular weight is 178 g/mol. The molecular formula is C9H22O3. The summed E-state index contributed by atoms with van der Waals surface area (Å²) in [5, 5.41) is 15.6. The van der Waals surface area contributed by atoms with E-state index in [1.165, 1.54) is 12.8 Å². The Morgan fingerprint density at radius 3 is 1.58 bits per heavy atom. The lowest BCUT2D eigenvalue weighted by atomic mass is 10.4. The van der Waals surface area contributed by atoms with Crippen molar-refractivity contribution >= 4 is 0 Å². The normalized spacial score (nSPS) is 14.5. The summed E-state index contributed by atoms with van der Waals surface area (Å²) in [7, 11) is 0. The number of hydrogen-bond donors (Lipinski definition) is 2. The molecule has 1 rings (SSSR count). The molecule has 3 heteroatoms. The summed E-state index contributed by atoms with van der Waals surface area (Å²) in [4.78, 5) is 0. The minimum atomic E-state index is -0.167. The van der Waals surface area contributed by atoms with E-state index < -0.39 is 0 Å². The molecule has 1 heterocycles. The highest BCUT2D eigenvalue weighted by Crippen LogP contribution is 1.98. The fraction of sp³-hybridized carbons (Fsp3) is 1.00. The summed E-state index contributed by atoms with van der Waals surface area (Å²) in [6.45, 7) is 7.38. The van der Waals surface area contributed by atoms with E-state index in [0.717, 1.165) is 13.2 Å². The molecule has 3 nitrogen and oxygen atoms in total. The van der Waals surface area contributed by atoms with Gasteiger partial charge in [0.25, 0.3) is 0 Å². The van der Waals surface area contributed by atoms with Crippen molar-refractivity contribution in [3.63, 3.8) is 0 Å². The molecule has 12 heavy (non-hydrogen) atoms. The van der Waals surface area contributed by atoms with Crippen LogP contribution >= 0.6 is 0 Å². The van der Waals surface area contributed by atoms with Crippen molar-refractivity contribution in [2.45, 2.75) is 39.7 Å². The van der Waals surface area contributed by atoms with Gasteiger partial charge >= 0.3 is 0 Å². The second-order valence-electron chi connectivity index (χ2n) is 2.73. The van der Waals surface area contributed by atoms with Crippen LogP contribution in [0.15, 0.2) is 0 Å². The van der Waals surface area contributed by atoms with Gasteiger partial charge in [0.05, 0.1) is 0 Å². The van der Waals surface area contributed by atoms with Gasteiger partial charge in [0.1, 0.15) is 0 Å². The Balaban J connectivity index is 0. The van der Waals surface area contributed by atoms with Crippen molar-refractivity contribution in [3.8, 4) is 0 Å². The Kier molecular flexibility index (Phi) is 16.2. The summed E-state index contributed by atoms with van der Waals surface area (Å²) >= 11 is 0. The molecule has 0 bridgehead atoms. The predicted molar refractivity (Wildman–Crippen MR) is 50.2 cm³/mol. The number of rotatable bonds is 0. The first-order valence-corrected chi connectivity index (χ1v) is 4.51. The molecule has 1 saturated heterocycles. The van der Waals surface area contributed by atoms with E-state index in [1.54, 1.807) is 20.8 Å². The van der Waals surface area contributed by atoms with Crippen LogP contribution in [0, 0.1) is 0 Å². The van der Waals surface area contributed by atoms with Crippen LogP contribution in [0.3, 0.4) is 0 Å². The van der Waals surface area contributed by atoms with E-state index in [4.69, 9.17) is 14.9 Å². The molecule has 2 N–H and O–H groups in total. The third-order valence-electron chi connectivity index (χ3n) is 0.827. The molecular weight excluding hydrogens is 156 g/mol. The first kappa shape index (κ1) is 14.4. The van der Waals surface area contributed by atoms with E-state index in [2.05, 4.69) is 0 Å². The van der Waals surface area contributed by atoms with E-state index in [-0.39, 0.29) is 12.7 Å². The molecule has 1 fully saturated rings. The van der Waals surface area contributed by atoms with Crippen molar-refractivity contribution in [1.82, 2.24) is 0 Å². The molecule has 0 unspecified atom stereocenters. The van der Waals surface area contributed by atoms with Crippen LogP contribution in [-0.4, -0.2) is 36.1 Å². The SMILES string of the molecule is C1CCOC1.CC(C)O.CCO. The molecule has 0 radical (unpaired) electrons. The van der Waals surface area contributed by atoms with Gasteiger partial charge in [-0.2, -0.15) is 0 Å². The van der Waals surface area contributed by atoms with Crippen molar-refractivity contribution < 1.29 is 14.9 Å². The lowest BCUT2D eigenvalue weighted by Crippen LogP contribution is -1.85. The summed E-state index contributed by atoms with van der Waals surface area (Å²) in [6.07, 6.45) is 2.39. The maximum absolute atomic E-state index is 8.06. The van der Waals surface area contributed by atoms with Crippen LogP contribution < -0.4 is 0 Å². The van der Waals surface area contributed by atoms with E-state index in [9.17, 15) is 0 Å². The molecule has 0 aromatic carbocycles. The van der Waals surface area contributed by atoms with Gasteiger partial charge in [0.2, 0.25) is 0 Å². The molecule has 0 aromatic rings. The van der Waals surface area contributed by atoms with Gasteiger partial charge in [-0.1, -0.05) is 0 Å². The number of ether oxygens (including phenoxy) is 1. The van der Waals surface area contributed by atoms with Gasteiger partial charge < -0.3 is 14.9 Å².